The molecule has 0 aliphatic carbocycles. The molecule has 0 saturated heterocycles. The van der Waals surface area contributed by atoms with Crippen LogP contribution in [0, 0.1) is 0 Å². The van der Waals surface area contributed by atoms with E-state index in [1.54, 1.807) is 18.3 Å². The molecule has 2 aromatic rings. The van der Waals surface area contributed by atoms with E-state index in [1.165, 1.54) is 4.57 Å². The van der Waals surface area contributed by atoms with Gasteiger partial charge in [-0.2, -0.15) is 4.98 Å². The highest BCUT2D eigenvalue weighted by molar-refractivity contribution is 9.10. The molecule has 2 aromatic heterocycles. The third-order valence-corrected chi connectivity index (χ3v) is 2.70. The van der Waals surface area contributed by atoms with Crippen LogP contribution in [0.5, 0.6) is 0 Å². The third-order valence-electron chi connectivity index (χ3n) is 2.10. The summed E-state index contributed by atoms with van der Waals surface area (Å²) in [6.45, 7) is 2.25. The zero-order chi connectivity index (χ0) is 11.5. The van der Waals surface area contributed by atoms with Gasteiger partial charge in [0, 0.05) is 12.6 Å². The molecule has 6 heteroatoms. The van der Waals surface area contributed by atoms with Gasteiger partial charge in [-0.15, -0.1) is 0 Å². The fourth-order valence-corrected chi connectivity index (χ4v) is 1.66. The van der Waals surface area contributed by atoms with Crippen LogP contribution in [0.15, 0.2) is 32.1 Å². The lowest BCUT2D eigenvalue weighted by Gasteiger charge is -2.01. The molecular weight excluding hydrogens is 274 g/mol. The first kappa shape index (κ1) is 11.1. The average molecular weight is 284 g/mol. The van der Waals surface area contributed by atoms with Gasteiger partial charge in [0.05, 0.1) is 11.0 Å². The molecule has 0 unspecified atom stereocenters. The predicted octanol–water partition coefficient (Wildman–Crippen LogP) is 1.60. The van der Waals surface area contributed by atoms with Crippen LogP contribution in [0.2, 0.25) is 0 Å². The highest BCUT2D eigenvalue weighted by atomic mass is 79.9. The van der Waals surface area contributed by atoms with E-state index in [9.17, 15) is 4.79 Å². The van der Waals surface area contributed by atoms with Crippen molar-refractivity contribution in [3.8, 4) is 0 Å². The normalized spacial score (nSPS) is 10.6. The topological polar surface area (TPSA) is 60.9 Å². The second-order valence-corrected chi connectivity index (χ2v) is 4.10. The Morgan fingerprint density at radius 3 is 3.06 bits per heavy atom. The summed E-state index contributed by atoms with van der Waals surface area (Å²) >= 11 is 3.18. The van der Waals surface area contributed by atoms with E-state index in [0.717, 1.165) is 0 Å². The number of pyridine rings is 1. The minimum atomic E-state index is -0.106. The summed E-state index contributed by atoms with van der Waals surface area (Å²) in [6, 6.07) is 3.48. The summed E-state index contributed by atoms with van der Waals surface area (Å²) in [7, 11) is 0. The van der Waals surface area contributed by atoms with Crippen LogP contribution in [-0.2, 0) is 13.0 Å². The quantitative estimate of drug-likeness (QED) is 0.859. The van der Waals surface area contributed by atoms with Gasteiger partial charge in [-0.3, -0.25) is 4.79 Å². The van der Waals surface area contributed by atoms with Crippen molar-refractivity contribution >= 4 is 15.9 Å². The number of aromatic nitrogens is 3. The molecule has 0 aromatic carbocycles. The largest absolute Gasteiger partial charge is 0.339 e. The van der Waals surface area contributed by atoms with Crippen molar-refractivity contribution < 1.29 is 4.52 Å². The molecule has 16 heavy (non-hydrogen) atoms. The van der Waals surface area contributed by atoms with Crippen molar-refractivity contribution in [3.05, 3.63) is 44.9 Å². The maximum Gasteiger partial charge on any atom is 0.265 e. The summed E-state index contributed by atoms with van der Waals surface area (Å²) < 4.78 is 7.01. The van der Waals surface area contributed by atoms with E-state index in [0.29, 0.717) is 29.2 Å². The maximum atomic E-state index is 11.7. The molecule has 0 radical (unpaired) electrons. The zero-order valence-electron chi connectivity index (χ0n) is 8.68. The first-order valence-corrected chi connectivity index (χ1v) is 5.66. The number of hydrogen-bond acceptors (Lipinski definition) is 4. The van der Waals surface area contributed by atoms with Gasteiger partial charge >= 0.3 is 0 Å². The molecule has 0 saturated carbocycles. The second kappa shape index (κ2) is 4.61. The lowest BCUT2D eigenvalue weighted by atomic mass is 10.4. The van der Waals surface area contributed by atoms with E-state index in [-0.39, 0.29) is 5.56 Å². The average Bonchev–Trinajstić information content (AvgIpc) is 2.73. The molecule has 5 nitrogen and oxygen atoms in total. The highest BCUT2D eigenvalue weighted by Crippen LogP contribution is 2.03. The summed E-state index contributed by atoms with van der Waals surface area (Å²) in [5.74, 6) is 1.09. The molecule has 0 amide bonds. The van der Waals surface area contributed by atoms with Crippen LogP contribution in [-0.4, -0.2) is 14.7 Å². The molecule has 84 valence electrons. The summed E-state index contributed by atoms with van der Waals surface area (Å²) in [5.41, 5.74) is -0.106. The molecule has 2 rings (SSSR count). The van der Waals surface area contributed by atoms with Crippen molar-refractivity contribution in [2.45, 2.75) is 19.9 Å². The fraction of sp³-hybridized carbons (Fsp3) is 0.300. The van der Waals surface area contributed by atoms with E-state index in [2.05, 4.69) is 26.1 Å². The first-order valence-electron chi connectivity index (χ1n) is 4.87. The van der Waals surface area contributed by atoms with Gasteiger partial charge < -0.3 is 9.09 Å². The van der Waals surface area contributed by atoms with Crippen LogP contribution < -0.4 is 5.56 Å². The first-order chi connectivity index (χ1) is 7.70. The molecule has 0 aliphatic heterocycles. The van der Waals surface area contributed by atoms with Crippen LogP contribution >= 0.6 is 15.9 Å². The van der Waals surface area contributed by atoms with Gasteiger partial charge in [-0.1, -0.05) is 12.1 Å². The molecule has 0 N–H and O–H groups in total. The number of hydrogen-bond donors (Lipinski definition) is 0. The van der Waals surface area contributed by atoms with E-state index < -0.39 is 0 Å². The second-order valence-electron chi connectivity index (χ2n) is 3.25. The summed E-state index contributed by atoms with van der Waals surface area (Å²) in [4.78, 5) is 15.8. The van der Waals surface area contributed by atoms with Crippen molar-refractivity contribution in [1.82, 2.24) is 14.7 Å². The maximum absolute atomic E-state index is 11.7. The van der Waals surface area contributed by atoms with Gasteiger partial charge in [0.1, 0.15) is 0 Å². The van der Waals surface area contributed by atoms with Gasteiger partial charge in [0.25, 0.3) is 5.56 Å². The van der Waals surface area contributed by atoms with Crippen LogP contribution in [0.4, 0.5) is 0 Å². The van der Waals surface area contributed by atoms with Gasteiger partial charge in [-0.05, 0) is 28.1 Å². The monoisotopic (exact) mass is 283 g/mol. The van der Waals surface area contributed by atoms with E-state index in [1.807, 2.05) is 6.92 Å². The number of nitrogens with zero attached hydrogens (tertiary/aromatic N) is 3. The minimum Gasteiger partial charge on any atom is -0.339 e. The lowest BCUT2D eigenvalue weighted by molar-refractivity contribution is 0.375. The zero-order valence-corrected chi connectivity index (χ0v) is 10.3. The van der Waals surface area contributed by atoms with Gasteiger partial charge in [0.2, 0.25) is 5.89 Å². The Morgan fingerprint density at radius 2 is 2.38 bits per heavy atom. The Bertz CT molecular complexity index is 547. The summed E-state index contributed by atoms with van der Waals surface area (Å²) in [6.07, 6.45) is 2.38. The van der Waals surface area contributed by atoms with Crippen LogP contribution in [0.1, 0.15) is 18.6 Å². The molecule has 0 bridgehead atoms. The van der Waals surface area contributed by atoms with Gasteiger partial charge in [-0.25, -0.2) is 0 Å². The van der Waals surface area contributed by atoms with Crippen molar-refractivity contribution in [3.63, 3.8) is 0 Å². The summed E-state index contributed by atoms with van der Waals surface area (Å²) in [5, 5.41) is 3.79. The Balaban J connectivity index is 2.27. The Kier molecular flexibility index (Phi) is 3.19. The Labute approximate surface area is 100 Å². The molecule has 0 atom stereocenters. The SMILES string of the molecule is CCc1nc(Cn2cccc(Br)c2=O)no1. The number of halogens is 1. The Hall–Kier alpha value is -1.43. The number of aryl methyl sites for hydroxylation is 1. The lowest BCUT2D eigenvalue weighted by Crippen LogP contribution is -2.20. The fourth-order valence-electron chi connectivity index (χ4n) is 1.28. The third kappa shape index (κ3) is 2.21. The van der Waals surface area contributed by atoms with Crippen LogP contribution in [0.3, 0.4) is 0 Å². The van der Waals surface area contributed by atoms with Gasteiger partial charge in [0.15, 0.2) is 5.82 Å². The smallest absolute Gasteiger partial charge is 0.265 e. The van der Waals surface area contributed by atoms with Crippen LogP contribution in [0.25, 0.3) is 0 Å². The van der Waals surface area contributed by atoms with E-state index >= 15 is 0 Å². The van der Waals surface area contributed by atoms with E-state index in [4.69, 9.17) is 4.52 Å². The number of rotatable bonds is 3. The van der Waals surface area contributed by atoms with Crippen molar-refractivity contribution in [2.24, 2.45) is 0 Å². The Morgan fingerprint density at radius 1 is 1.56 bits per heavy atom. The molecule has 0 aliphatic rings. The van der Waals surface area contributed by atoms with Crippen molar-refractivity contribution in [2.75, 3.05) is 0 Å². The minimum absolute atomic E-state index is 0.106. The molecule has 2 heterocycles. The molecule has 0 spiro atoms. The highest BCUT2D eigenvalue weighted by Gasteiger charge is 2.06. The molecule has 0 fully saturated rings. The molecular formula is C10H10BrN3O2. The predicted molar refractivity (Wildman–Crippen MR) is 61.2 cm³/mol. The van der Waals surface area contributed by atoms with Crippen molar-refractivity contribution in [1.29, 1.82) is 0 Å². The standard InChI is InChI=1S/C10H10BrN3O2/c1-2-9-12-8(13-16-9)6-14-5-3-4-7(11)10(14)15/h3-5H,2,6H2,1H3.